The molecular formula is C14H10F3N3O5. The average Bonchev–Trinajstić information content (AvgIpc) is 2.89. The monoisotopic (exact) mass is 357 g/mol. The van der Waals surface area contributed by atoms with E-state index in [4.69, 9.17) is 14.9 Å². The molecule has 2 fully saturated rings. The van der Waals surface area contributed by atoms with Gasteiger partial charge in [-0.3, -0.25) is 14.3 Å². The van der Waals surface area contributed by atoms with E-state index in [9.17, 15) is 27.6 Å². The van der Waals surface area contributed by atoms with Crippen LogP contribution in [0.5, 0.6) is 0 Å². The summed E-state index contributed by atoms with van der Waals surface area (Å²) >= 11 is 0. The van der Waals surface area contributed by atoms with Crippen LogP contribution in [-0.4, -0.2) is 41.6 Å². The second-order valence-corrected chi connectivity index (χ2v) is 5.78. The van der Waals surface area contributed by atoms with Crippen molar-refractivity contribution in [1.82, 2.24) is 4.57 Å². The number of fused-ring (bicyclic) bond motifs is 1. The summed E-state index contributed by atoms with van der Waals surface area (Å²) in [5.74, 6) is -3.00. The van der Waals surface area contributed by atoms with E-state index in [2.05, 4.69) is 0 Å². The van der Waals surface area contributed by atoms with Crippen LogP contribution in [0.1, 0.15) is 6.04 Å². The highest BCUT2D eigenvalue weighted by Gasteiger charge is 2.56. The maximum absolute atomic E-state index is 14.5. The number of halogens is 3. The van der Waals surface area contributed by atoms with Crippen molar-refractivity contribution in [3.05, 3.63) is 28.5 Å². The number of nitrogens with two attached hydrogens (primary N) is 1. The maximum Gasteiger partial charge on any atom is 0.420 e. The van der Waals surface area contributed by atoms with E-state index in [1.54, 1.807) is 0 Å². The molecule has 2 heterocycles. The van der Waals surface area contributed by atoms with E-state index in [1.165, 1.54) is 0 Å². The number of hydrogen-bond acceptors (Lipinski definition) is 5. The number of nitrogens with zero attached hydrogens (tertiary/aromatic N) is 2. The van der Waals surface area contributed by atoms with Gasteiger partial charge in [0.2, 0.25) is 0 Å². The Morgan fingerprint density at radius 2 is 1.92 bits per heavy atom. The van der Waals surface area contributed by atoms with E-state index >= 15 is 0 Å². The molecule has 8 nitrogen and oxygen atoms in total. The lowest BCUT2D eigenvalue weighted by Crippen LogP contribution is -2.32. The Hall–Kier alpha value is -2.98. The molecule has 1 aromatic heterocycles. The van der Waals surface area contributed by atoms with Crippen molar-refractivity contribution in [2.45, 2.75) is 24.5 Å². The number of primary amides is 1. The number of amides is 2. The molecule has 1 saturated heterocycles. The van der Waals surface area contributed by atoms with Crippen LogP contribution in [0.2, 0.25) is 0 Å². The van der Waals surface area contributed by atoms with Gasteiger partial charge < -0.3 is 14.9 Å². The van der Waals surface area contributed by atoms with Crippen molar-refractivity contribution >= 4 is 28.8 Å². The lowest BCUT2D eigenvalue weighted by Gasteiger charge is -2.12. The van der Waals surface area contributed by atoms with Crippen molar-refractivity contribution in [3.63, 3.8) is 0 Å². The fraction of sp³-hybridized carbons (Fsp3) is 0.357. The van der Waals surface area contributed by atoms with E-state index in [0.717, 1.165) is 17.0 Å². The van der Waals surface area contributed by atoms with Crippen LogP contribution in [0.25, 0.3) is 11.1 Å². The number of ether oxygens (including phenoxy) is 1. The zero-order valence-electron chi connectivity index (χ0n) is 12.3. The minimum Gasteiger partial charge on any atom is -0.434 e. The van der Waals surface area contributed by atoms with Crippen molar-refractivity contribution in [2.24, 2.45) is 5.73 Å². The molecule has 1 aromatic carbocycles. The number of rotatable bonds is 3. The predicted octanol–water partition coefficient (Wildman–Crippen LogP) is 0.775. The predicted molar refractivity (Wildman–Crippen MR) is 76.1 cm³/mol. The highest BCUT2D eigenvalue weighted by atomic mass is 19.2. The number of cyclic esters (lactones) is 1. The molecule has 3 atom stereocenters. The van der Waals surface area contributed by atoms with Crippen molar-refractivity contribution in [3.8, 4) is 0 Å². The first kappa shape index (κ1) is 15.5. The number of carbonyl (C=O) groups is 2. The lowest BCUT2D eigenvalue weighted by atomic mass is 10.2. The molecule has 0 spiro atoms. The molecule has 2 aliphatic rings. The van der Waals surface area contributed by atoms with Gasteiger partial charge in [0.15, 0.2) is 29.8 Å². The number of anilines is 1. The number of aromatic nitrogens is 1. The fourth-order valence-corrected chi connectivity index (χ4v) is 2.87. The summed E-state index contributed by atoms with van der Waals surface area (Å²) in [6, 6.07) is 0.579. The second kappa shape index (κ2) is 5.01. The summed E-state index contributed by atoms with van der Waals surface area (Å²) in [5, 5.41) is 0. The Labute approximate surface area is 136 Å². The van der Waals surface area contributed by atoms with Gasteiger partial charge in [0.05, 0.1) is 12.2 Å². The Balaban J connectivity index is 1.78. The summed E-state index contributed by atoms with van der Waals surface area (Å²) in [4.78, 5) is 35.7. The van der Waals surface area contributed by atoms with Gasteiger partial charge in [0.25, 0.3) is 5.91 Å². The quantitative estimate of drug-likeness (QED) is 0.873. The highest BCUT2D eigenvalue weighted by Crippen LogP contribution is 2.44. The topological polar surface area (TPSA) is 108 Å². The number of carbonyl (C=O) groups excluding carboxylic acids is 2. The summed E-state index contributed by atoms with van der Waals surface area (Å²) in [6.07, 6.45) is -5.96. The standard InChI is InChI=1S/C14H10F3N3O5/c15-5-1-4(19-3-7(12(18)21)25-13(19)22)2-6-10(5)20(14(23)24-6)11-8(16)9(11)17/h1-2,7-9,11H,3H2,(H2,18,21). The van der Waals surface area contributed by atoms with Crippen LogP contribution < -0.4 is 16.4 Å². The number of oxazole rings is 1. The molecular weight excluding hydrogens is 347 g/mol. The Kier molecular flexibility index (Phi) is 3.11. The molecule has 132 valence electrons. The SMILES string of the molecule is NC(=O)C1CN(c2cc(F)c3c(c2)oc(=O)n3C2C(F)C2F)C(=O)O1. The molecule has 25 heavy (non-hydrogen) atoms. The van der Waals surface area contributed by atoms with E-state index in [-0.39, 0.29) is 17.8 Å². The van der Waals surface area contributed by atoms with Gasteiger partial charge in [0.1, 0.15) is 11.6 Å². The fourth-order valence-electron chi connectivity index (χ4n) is 2.87. The number of hydrogen-bond donors (Lipinski definition) is 1. The van der Waals surface area contributed by atoms with Gasteiger partial charge in [-0.15, -0.1) is 0 Å². The van der Waals surface area contributed by atoms with Gasteiger partial charge in [0, 0.05) is 12.1 Å². The van der Waals surface area contributed by atoms with Crippen molar-refractivity contribution < 1.29 is 31.9 Å². The van der Waals surface area contributed by atoms with Crippen LogP contribution in [0, 0.1) is 5.82 Å². The third-order valence-corrected chi connectivity index (χ3v) is 4.20. The minimum atomic E-state index is -1.91. The molecule has 2 N–H and O–H groups in total. The van der Waals surface area contributed by atoms with Crippen LogP contribution in [0.4, 0.5) is 23.7 Å². The zero-order chi connectivity index (χ0) is 18.0. The van der Waals surface area contributed by atoms with Crippen LogP contribution in [0.3, 0.4) is 0 Å². The molecule has 11 heteroatoms. The molecule has 0 radical (unpaired) electrons. The molecule has 0 bridgehead atoms. The third-order valence-electron chi connectivity index (χ3n) is 4.20. The van der Waals surface area contributed by atoms with Crippen LogP contribution in [-0.2, 0) is 9.53 Å². The summed E-state index contributed by atoms with van der Waals surface area (Å²) in [5.41, 5.74) is 4.31. The molecule has 1 aliphatic carbocycles. The van der Waals surface area contributed by atoms with Crippen molar-refractivity contribution in [2.75, 3.05) is 11.4 Å². The minimum absolute atomic E-state index is 0.0518. The van der Waals surface area contributed by atoms with Crippen LogP contribution >= 0.6 is 0 Å². The van der Waals surface area contributed by atoms with Gasteiger partial charge in [-0.25, -0.2) is 22.8 Å². The number of alkyl halides is 2. The molecule has 1 aliphatic heterocycles. The summed E-state index contributed by atoms with van der Waals surface area (Å²) < 4.78 is 51.1. The van der Waals surface area contributed by atoms with Crippen LogP contribution in [0.15, 0.2) is 21.3 Å². The largest absolute Gasteiger partial charge is 0.434 e. The van der Waals surface area contributed by atoms with Crippen molar-refractivity contribution in [1.29, 1.82) is 0 Å². The summed E-state index contributed by atoms with van der Waals surface area (Å²) in [6.45, 7) is -0.244. The third kappa shape index (κ3) is 2.18. The van der Waals surface area contributed by atoms with Gasteiger partial charge in [-0.1, -0.05) is 0 Å². The Bertz CT molecular complexity index is 963. The molecule has 2 aromatic rings. The first-order valence-corrected chi connectivity index (χ1v) is 7.20. The Morgan fingerprint density at radius 3 is 2.48 bits per heavy atom. The smallest absolute Gasteiger partial charge is 0.420 e. The molecule has 2 amide bonds. The van der Waals surface area contributed by atoms with E-state index < -0.39 is 53.6 Å². The zero-order valence-corrected chi connectivity index (χ0v) is 12.3. The van der Waals surface area contributed by atoms with E-state index in [0.29, 0.717) is 4.57 Å². The molecule has 4 rings (SSSR count). The maximum atomic E-state index is 14.5. The van der Waals surface area contributed by atoms with E-state index in [1.807, 2.05) is 0 Å². The molecule has 3 unspecified atom stereocenters. The first-order valence-electron chi connectivity index (χ1n) is 7.20. The normalized spacial score (nSPS) is 28.4. The lowest BCUT2D eigenvalue weighted by molar-refractivity contribution is -0.124. The van der Waals surface area contributed by atoms with Gasteiger partial charge in [-0.2, -0.15) is 0 Å². The van der Waals surface area contributed by atoms with Gasteiger partial charge in [-0.05, 0) is 0 Å². The molecule has 1 saturated carbocycles. The van der Waals surface area contributed by atoms with Gasteiger partial charge >= 0.3 is 11.8 Å². The number of benzene rings is 1. The second-order valence-electron chi connectivity index (χ2n) is 5.78. The average molecular weight is 357 g/mol. The summed E-state index contributed by atoms with van der Waals surface area (Å²) in [7, 11) is 0. The first-order chi connectivity index (χ1) is 11.8. The Morgan fingerprint density at radius 1 is 1.24 bits per heavy atom. The highest BCUT2D eigenvalue weighted by molar-refractivity contribution is 5.96.